The van der Waals surface area contributed by atoms with Crippen LogP contribution in [0.1, 0.15) is 0 Å². The van der Waals surface area contributed by atoms with Crippen LogP contribution < -0.4 is 20.7 Å². The van der Waals surface area contributed by atoms with Gasteiger partial charge in [-0.3, -0.25) is 4.98 Å². The van der Waals surface area contributed by atoms with Gasteiger partial charge in [-0.2, -0.15) is 0 Å². The lowest BCUT2D eigenvalue weighted by Gasteiger charge is -2.28. The molecule has 4 rings (SSSR count). The summed E-state index contributed by atoms with van der Waals surface area (Å²) in [7, 11) is 0. The fourth-order valence-corrected chi connectivity index (χ4v) is 3.03. The van der Waals surface area contributed by atoms with Gasteiger partial charge in [0.2, 0.25) is 0 Å². The van der Waals surface area contributed by atoms with E-state index in [-0.39, 0.29) is 5.75 Å². The van der Waals surface area contributed by atoms with Crippen LogP contribution in [0.25, 0.3) is 11.1 Å². The van der Waals surface area contributed by atoms with Crippen molar-refractivity contribution in [3.63, 3.8) is 0 Å². The molecule has 0 saturated carbocycles. The van der Waals surface area contributed by atoms with Crippen LogP contribution in [0.5, 0.6) is 11.5 Å². The highest BCUT2D eigenvalue weighted by Crippen LogP contribution is 2.34. The number of pyridine rings is 2. The van der Waals surface area contributed by atoms with E-state index in [4.69, 9.17) is 10.5 Å². The fraction of sp³-hybridized carbons (Fsp3) is 0.200. The first-order chi connectivity index (χ1) is 13.2. The maximum absolute atomic E-state index is 14.1. The average molecular weight is 365 g/mol. The second kappa shape index (κ2) is 7.59. The minimum atomic E-state index is -0.509. The number of rotatable bonds is 4. The van der Waals surface area contributed by atoms with Gasteiger partial charge in [0.25, 0.3) is 0 Å². The Morgan fingerprint density at radius 3 is 2.63 bits per heavy atom. The summed E-state index contributed by atoms with van der Waals surface area (Å²) >= 11 is 0. The second-order valence-corrected chi connectivity index (χ2v) is 6.31. The average Bonchev–Trinajstić information content (AvgIpc) is 2.71. The normalized spacial score (nSPS) is 14.2. The van der Waals surface area contributed by atoms with Gasteiger partial charge in [0.15, 0.2) is 11.6 Å². The zero-order valence-corrected chi connectivity index (χ0v) is 14.7. The number of hydrogen-bond donors (Lipinski definition) is 2. The van der Waals surface area contributed by atoms with Crippen molar-refractivity contribution in [2.75, 3.05) is 36.8 Å². The van der Waals surface area contributed by atoms with Crippen molar-refractivity contribution >= 4 is 11.5 Å². The molecule has 0 bridgehead atoms. The number of ether oxygens (including phenoxy) is 1. The van der Waals surface area contributed by atoms with E-state index in [1.807, 2.05) is 12.1 Å². The van der Waals surface area contributed by atoms with Gasteiger partial charge in [-0.1, -0.05) is 0 Å². The minimum absolute atomic E-state index is 0.113. The Morgan fingerprint density at radius 1 is 1.04 bits per heavy atom. The number of nitrogens with zero attached hydrogens (tertiary/aromatic N) is 3. The van der Waals surface area contributed by atoms with Crippen molar-refractivity contribution in [1.82, 2.24) is 15.3 Å². The molecule has 0 aliphatic carbocycles. The Balaban J connectivity index is 1.60. The van der Waals surface area contributed by atoms with Crippen molar-refractivity contribution in [1.29, 1.82) is 0 Å². The molecule has 0 radical (unpaired) electrons. The highest BCUT2D eigenvalue weighted by Gasteiger charge is 2.14. The Labute approximate surface area is 156 Å². The molecule has 1 saturated heterocycles. The summed E-state index contributed by atoms with van der Waals surface area (Å²) in [5, 5.41) is 3.33. The lowest BCUT2D eigenvalue weighted by atomic mass is 10.1. The molecule has 3 aromatic rings. The summed E-state index contributed by atoms with van der Waals surface area (Å²) in [4.78, 5) is 11.0. The summed E-state index contributed by atoms with van der Waals surface area (Å²) in [5.41, 5.74) is 7.54. The maximum atomic E-state index is 14.1. The van der Waals surface area contributed by atoms with Crippen molar-refractivity contribution in [3.05, 3.63) is 60.8 Å². The highest BCUT2D eigenvalue weighted by atomic mass is 19.1. The van der Waals surface area contributed by atoms with E-state index in [1.165, 1.54) is 12.1 Å². The van der Waals surface area contributed by atoms with Crippen LogP contribution in [0.15, 0.2) is 55.0 Å². The molecular weight excluding hydrogens is 345 g/mol. The number of piperazine rings is 1. The van der Waals surface area contributed by atoms with Gasteiger partial charge in [-0.25, -0.2) is 9.37 Å². The van der Waals surface area contributed by atoms with Gasteiger partial charge < -0.3 is 20.7 Å². The molecular formula is C20H20FN5O. The summed E-state index contributed by atoms with van der Waals surface area (Å²) in [6.45, 7) is 3.78. The zero-order valence-electron chi connectivity index (χ0n) is 14.7. The quantitative estimate of drug-likeness (QED) is 0.692. The molecule has 3 N–H and O–H groups in total. The van der Waals surface area contributed by atoms with Gasteiger partial charge >= 0.3 is 0 Å². The SMILES string of the molecule is Nc1ccc(Oc2ccncc2-c2ccc(N3CCNCC3)nc2)c(F)c1. The first kappa shape index (κ1) is 17.2. The van der Waals surface area contributed by atoms with Crippen LogP contribution in [-0.2, 0) is 0 Å². The molecule has 1 aromatic carbocycles. The predicted molar refractivity (Wildman–Crippen MR) is 103 cm³/mol. The van der Waals surface area contributed by atoms with E-state index >= 15 is 0 Å². The predicted octanol–water partition coefficient (Wildman–Crippen LogP) is 3.07. The lowest BCUT2D eigenvalue weighted by molar-refractivity contribution is 0.443. The molecule has 1 aliphatic heterocycles. The molecule has 2 aromatic heterocycles. The Morgan fingerprint density at radius 2 is 1.89 bits per heavy atom. The number of anilines is 2. The number of halogens is 1. The van der Waals surface area contributed by atoms with E-state index in [2.05, 4.69) is 20.2 Å². The highest BCUT2D eigenvalue weighted by molar-refractivity contribution is 5.70. The van der Waals surface area contributed by atoms with E-state index in [0.29, 0.717) is 11.4 Å². The van der Waals surface area contributed by atoms with Crippen molar-refractivity contribution in [2.45, 2.75) is 0 Å². The zero-order chi connectivity index (χ0) is 18.6. The van der Waals surface area contributed by atoms with E-state index in [1.54, 1.807) is 30.7 Å². The number of hydrogen-bond acceptors (Lipinski definition) is 6. The van der Waals surface area contributed by atoms with Gasteiger partial charge in [0.05, 0.1) is 0 Å². The third kappa shape index (κ3) is 3.83. The summed E-state index contributed by atoms with van der Waals surface area (Å²) in [6, 6.07) is 10.0. The molecule has 1 fully saturated rings. The number of aromatic nitrogens is 2. The smallest absolute Gasteiger partial charge is 0.167 e. The number of nitrogens with one attached hydrogen (secondary N) is 1. The van der Waals surface area contributed by atoms with Crippen molar-refractivity contribution in [3.8, 4) is 22.6 Å². The number of nitrogen functional groups attached to an aromatic ring is 1. The van der Waals surface area contributed by atoms with Crippen LogP contribution >= 0.6 is 0 Å². The monoisotopic (exact) mass is 365 g/mol. The Hall–Kier alpha value is -3.19. The molecule has 3 heterocycles. The van der Waals surface area contributed by atoms with Gasteiger partial charge in [-0.15, -0.1) is 0 Å². The van der Waals surface area contributed by atoms with E-state index in [9.17, 15) is 4.39 Å². The van der Waals surface area contributed by atoms with Gasteiger partial charge in [0.1, 0.15) is 11.6 Å². The van der Waals surface area contributed by atoms with Crippen molar-refractivity contribution < 1.29 is 9.13 Å². The Bertz CT molecular complexity index is 926. The first-order valence-corrected chi connectivity index (χ1v) is 8.80. The van der Waals surface area contributed by atoms with Crippen LogP contribution in [0, 0.1) is 5.82 Å². The van der Waals surface area contributed by atoms with Gasteiger partial charge in [-0.05, 0) is 30.3 Å². The van der Waals surface area contributed by atoms with E-state index in [0.717, 1.165) is 43.1 Å². The molecule has 1 aliphatic rings. The topological polar surface area (TPSA) is 76.3 Å². The van der Waals surface area contributed by atoms with Crippen LogP contribution in [-0.4, -0.2) is 36.1 Å². The summed E-state index contributed by atoms with van der Waals surface area (Å²) < 4.78 is 19.9. The third-order valence-electron chi connectivity index (χ3n) is 4.46. The third-order valence-corrected chi connectivity index (χ3v) is 4.46. The lowest BCUT2D eigenvalue weighted by Crippen LogP contribution is -2.43. The molecule has 0 spiro atoms. The van der Waals surface area contributed by atoms with Crippen LogP contribution in [0.2, 0.25) is 0 Å². The van der Waals surface area contributed by atoms with Crippen LogP contribution in [0.4, 0.5) is 15.9 Å². The summed E-state index contributed by atoms with van der Waals surface area (Å²) in [5.74, 6) is 1.05. The first-order valence-electron chi connectivity index (χ1n) is 8.80. The molecule has 0 unspecified atom stereocenters. The van der Waals surface area contributed by atoms with Gasteiger partial charge in [0, 0.05) is 67.7 Å². The Kier molecular flexibility index (Phi) is 4.84. The van der Waals surface area contributed by atoms with Crippen LogP contribution in [0.3, 0.4) is 0 Å². The largest absolute Gasteiger partial charge is 0.454 e. The fourth-order valence-electron chi connectivity index (χ4n) is 3.03. The maximum Gasteiger partial charge on any atom is 0.167 e. The number of benzene rings is 1. The molecule has 27 heavy (non-hydrogen) atoms. The molecule has 6 nitrogen and oxygen atoms in total. The molecule has 0 amide bonds. The number of nitrogens with two attached hydrogens (primary N) is 1. The summed E-state index contributed by atoms with van der Waals surface area (Å²) in [6.07, 6.45) is 5.09. The molecule has 7 heteroatoms. The molecule has 138 valence electrons. The molecule has 0 atom stereocenters. The van der Waals surface area contributed by atoms with Crippen molar-refractivity contribution in [2.24, 2.45) is 0 Å². The second-order valence-electron chi connectivity index (χ2n) is 6.31. The standard InChI is InChI=1S/C20H20FN5O/c21-17-11-15(22)2-3-19(17)27-18-5-6-24-13-16(18)14-1-4-20(25-12-14)26-9-7-23-8-10-26/h1-6,11-13,23H,7-10,22H2. The minimum Gasteiger partial charge on any atom is -0.454 e. The van der Waals surface area contributed by atoms with E-state index < -0.39 is 5.82 Å².